The van der Waals surface area contributed by atoms with Gasteiger partial charge in [-0.2, -0.15) is 4.99 Å². The number of rotatable bonds is 11. The van der Waals surface area contributed by atoms with Crippen LogP contribution < -0.4 is 20.5 Å². The highest BCUT2D eigenvalue weighted by molar-refractivity contribution is 6.33. The summed E-state index contributed by atoms with van der Waals surface area (Å²) in [6.45, 7) is 6.03. The number of benzene rings is 1. The fraction of sp³-hybridized carbons (Fsp3) is 0.458. The lowest BCUT2D eigenvalue weighted by Gasteiger charge is -2.29. The van der Waals surface area contributed by atoms with Crippen molar-refractivity contribution in [1.29, 1.82) is 0 Å². The summed E-state index contributed by atoms with van der Waals surface area (Å²) in [6, 6.07) is 3.73. The molecule has 1 unspecified atom stereocenters. The van der Waals surface area contributed by atoms with Gasteiger partial charge >= 0.3 is 0 Å². The predicted molar refractivity (Wildman–Crippen MR) is 132 cm³/mol. The van der Waals surface area contributed by atoms with Gasteiger partial charge in [-0.1, -0.05) is 17.7 Å². The van der Waals surface area contributed by atoms with Crippen molar-refractivity contribution in [3.05, 3.63) is 47.3 Å². The number of nitrogens with one attached hydrogen (secondary N) is 1. The van der Waals surface area contributed by atoms with Crippen LogP contribution in [-0.2, 0) is 9.59 Å². The molecule has 0 saturated heterocycles. The van der Waals surface area contributed by atoms with Gasteiger partial charge in [0.2, 0.25) is 0 Å². The Balaban J connectivity index is 2.17. The second kappa shape index (κ2) is 11.5. The van der Waals surface area contributed by atoms with E-state index >= 15 is 0 Å². The van der Waals surface area contributed by atoms with Crippen molar-refractivity contribution in [2.45, 2.75) is 51.4 Å². The number of aliphatic hydroxyl groups is 1. The molecule has 1 atom stereocenters. The minimum atomic E-state index is -1.77. The Morgan fingerprint density at radius 2 is 2.03 bits per heavy atom. The zero-order chi connectivity index (χ0) is 26.4. The Morgan fingerprint density at radius 3 is 2.63 bits per heavy atom. The number of nitrogens with two attached hydrogens (primary N) is 1. The van der Waals surface area contributed by atoms with Crippen LogP contribution in [0, 0.1) is 0 Å². The first kappa shape index (κ1) is 28.1. The van der Waals surface area contributed by atoms with Crippen LogP contribution in [0.4, 0.5) is 4.39 Å². The number of aliphatic imine (C=N–C) groups is 1. The standard InChI is InChI=1S/C24H32ClFN4O5/c1-23(2,26)12-16(22(32)29-19(27)9-10-28-14-24(3,4)33)30-13-15(11-20(30)31)35-18-8-6-7-17(34-5)21(18)25/h6-11,16,28,33H,12-14H2,1-5H3,(H2,27,29,32)/b10-9-. The van der Waals surface area contributed by atoms with Gasteiger partial charge in [0, 0.05) is 25.2 Å². The minimum absolute atomic E-state index is 0.0861. The molecule has 0 spiro atoms. The normalized spacial score (nSPS) is 15.9. The number of amides is 2. The smallest absolute Gasteiger partial charge is 0.270 e. The number of nitrogens with zero attached hydrogens (tertiary/aromatic N) is 2. The molecule has 1 aromatic rings. The molecule has 1 aliphatic rings. The molecule has 0 aromatic heterocycles. The van der Waals surface area contributed by atoms with E-state index in [0.717, 1.165) is 0 Å². The molecule has 9 nitrogen and oxygen atoms in total. The topological polar surface area (TPSA) is 126 Å². The van der Waals surface area contributed by atoms with Crippen molar-refractivity contribution in [3.63, 3.8) is 0 Å². The van der Waals surface area contributed by atoms with Gasteiger partial charge in [-0.15, -0.1) is 0 Å². The third kappa shape index (κ3) is 8.88. The monoisotopic (exact) mass is 510 g/mol. The van der Waals surface area contributed by atoms with Crippen molar-refractivity contribution in [2.24, 2.45) is 10.7 Å². The zero-order valence-corrected chi connectivity index (χ0v) is 21.2. The van der Waals surface area contributed by atoms with Gasteiger partial charge in [-0.25, -0.2) is 4.39 Å². The first-order valence-electron chi connectivity index (χ1n) is 10.9. The van der Waals surface area contributed by atoms with E-state index in [1.807, 2.05) is 0 Å². The lowest BCUT2D eigenvalue weighted by Crippen LogP contribution is -2.45. The summed E-state index contributed by atoms with van der Waals surface area (Å²) in [5, 5.41) is 12.8. The molecule has 35 heavy (non-hydrogen) atoms. The van der Waals surface area contributed by atoms with E-state index in [4.69, 9.17) is 26.8 Å². The molecule has 0 bridgehead atoms. The number of methoxy groups -OCH3 is 1. The summed E-state index contributed by atoms with van der Waals surface area (Å²) in [7, 11) is 1.46. The summed E-state index contributed by atoms with van der Waals surface area (Å²) in [5.41, 5.74) is 3.10. The van der Waals surface area contributed by atoms with Crippen LogP contribution in [0.1, 0.15) is 34.1 Å². The second-order valence-electron chi connectivity index (χ2n) is 9.29. The van der Waals surface area contributed by atoms with Gasteiger partial charge in [0.05, 0.1) is 19.3 Å². The Bertz CT molecular complexity index is 1030. The Hall–Kier alpha value is -3.11. The molecule has 4 N–H and O–H groups in total. The van der Waals surface area contributed by atoms with Gasteiger partial charge in [0.15, 0.2) is 0 Å². The number of amidine groups is 1. The summed E-state index contributed by atoms with van der Waals surface area (Å²) >= 11 is 6.26. The van der Waals surface area contributed by atoms with E-state index in [1.165, 1.54) is 44.2 Å². The van der Waals surface area contributed by atoms with Crippen LogP contribution in [0.15, 0.2) is 47.3 Å². The molecular weight excluding hydrogens is 479 g/mol. The first-order chi connectivity index (χ1) is 16.2. The number of hydrogen-bond donors (Lipinski definition) is 3. The number of carbonyl (C=O) groups is 2. The van der Waals surface area contributed by atoms with Crippen LogP contribution in [0.5, 0.6) is 11.5 Å². The van der Waals surface area contributed by atoms with Crippen LogP contribution in [-0.4, -0.2) is 65.2 Å². The second-order valence-corrected chi connectivity index (χ2v) is 9.67. The summed E-state index contributed by atoms with van der Waals surface area (Å²) < 4.78 is 25.5. The van der Waals surface area contributed by atoms with Gasteiger partial charge in [0.1, 0.15) is 39.8 Å². The highest BCUT2D eigenvalue weighted by atomic mass is 35.5. The molecule has 2 rings (SSSR count). The van der Waals surface area contributed by atoms with Gasteiger partial charge < -0.3 is 30.5 Å². The minimum Gasteiger partial charge on any atom is -0.495 e. The molecule has 1 aromatic carbocycles. The van der Waals surface area contributed by atoms with Crippen LogP contribution in [0.3, 0.4) is 0 Å². The van der Waals surface area contributed by atoms with Crippen molar-refractivity contribution < 1.29 is 28.6 Å². The molecule has 1 heterocycles. The van der Waals surface area contributed by atoms with E-state index in [2.05, 4.69) is 10.3 Å². The lowest BCUT2D eigenvalue weighted by molar-refractivity contribution is -0.135. The Kier molecular flexibility index (Phi) is 9.28. The van der Waals surface area contributed by atoms with E-state index in [-0.39, 0.29) is 41.9 Å². The molecular formula is C24H32ClFN4O5. The fourth-order valence-corrected chi connectivity index (χ4v) is 3.43. The number of alkyl halides is 1. The van der Waals surface area contributed by atoms with Gasteiger partial charge in [-0.05, 0) is 45.9 Å². The molecule has 0 aliphatic carbocycles. The van der Waals surface area contributed by atoms with Crippen LogP contribution in [0.2, 0.25) is 5.02 Å². The average molecular weight is 511 g/mol. The number of ether oxygens (including phenoxy) is 2. The maximum Gasteiger partial charge on any atom is 0.270 e. The van der Waals surface area contributed by atoms with E-state index in [1.54, 1.807) is 32.0 Å². The molecule has 11 heteroatoms. The molecule has 192 valence electrons. The first-order valence-corrected chi connectivity index (χ1v) is 11.3. The largest absolute Gasteiger partial charge is 0.495 e. The molecule has 0 saturated carbocycles. The maximum atomic E-state index is 14.6. The van der Waals surface area contributed by atoms with Gasteiger partial charge in [0.25, 0.3) is 11.8 Å². The van der Waals surface area contributed by atoms with Crippen molar-refractivity contribution in [2.75, 3.05) is 20.2 Å². The Morgan fingerprint density at radius 1 is 1.37 bits per heavy atom. The third-order valence-electron chi connectivity index (χ3n) is 4.77. The number of hydrogen-bond acceptors (Lipinski definition) is 6. The third-order valence-corrected chi connectivity index (χ3v) is 5.14. The fourth-order valence-electron chi connectivity index (χ4n) is 3.19. The predicted octanol–water partition coefficient (Wildman–Crippen LogP) is 2.72. The molecule has 1 aliphatic heterocycles. The summed E-state index contributed by atoms with van der Waals surface area (Å²) in [6.07, 6.45) is 3.69. The summed E-state index contributed by atoms with van der Waals surface area (Å²) in [5.74, 6) is -0.549. The molecule has 0 fully saturated rings. The van der Waals surface area contributed by atoms with Crippen LogP contribution >= 0.6 is 11.6 Å². The maximum absolute atomic E-state index is 14.6. The number of halogens is 2. The van der Waals surface area contributed by atoms with Crippen molar-refractivity contribution in [3.8, 4) is 11.5 Å². The van der Waals surface area contributed by atoms with Gasteiger partial charge in [-0.3, -0.25) is 9.59 Å². The lowest BCUT2D eigenvalue weighted by atomic mass is 9.99. The van der Waals surface area contributed by atoms with E-state index < -0.39 is 29.1 Å². The zero-order valence-electron chi connectivity index (χ0n) is 20.5. The summed E-state index contributed by atoms with van der Waals surface area (Å²) in [4.78, 5) is 30.7. The molecule has 0 radical (unpaired) electrons. The van der Waals surface area contributed by atoms with Crippen molar-refractivity contribution in [1.82, 2.24) is 10.2 Å². The quantitative estimate of drug-likeness (QED) is 0.308. The molecule has 2 amide bonds. The Labute approximate surface area is 209 Å². The number of carbonyl (C=O) groups excluding carboxylic acids is 2. The average Bonchev–Trinajstić information content (AvgIpc) is 3.09. The van der Waals surface area contributed by atoms with E-state index in [9.17, 15) is 19.1 Å². The van der Waals surface area contributed by atoms with E-state index in [0.29, 0.717) is 5.75 Å². The van der Waals surface area contributed by atoms with Crippen molar-refractivity contribution >= 4 is 29.3 Å². The van der Waals surface area contributed by atoms with Crippen LogP contribution in [0.25, 0.3) is 0 Å². The SMILES string of the molecule is COc1cccc(OC2=CC(=O)N(C(CC(C)(C)F)C(=O)N=C(N)/C=C\NCC(C)(C)O)C2)c1Cl. The highest BCUT2D eigenvalue weighted by Gasteiger charge is 2.38. The highest BCUT2D eigenvalue weighted by Crippen LogP contribution is 2.35.